The predicted molar refractivity (Wildman–Crippen MR) is 88.6 cm³/mol. The summed E-state index contributed by atoms with van der Waals surface area (Å²) in [5.41, 5.74) is 3.49. The van der Waals surface area contributed by atoms with Crippen LogP contribution in [0.25, 0.3) is 0 Å². The van der Waals surface area contributed by atoms with E-state index in [2.05, 4.69) is 32.1 Å². The number of carbonyl (C=O) groups excluding carboxylic acids is 4. The molecule has 134 valence electrons. The lowest BCUT2D eigenvalue weighted by atomic mass is 10.1. The van der Waals surface area contributed by atoms with Crippen LogP contribution in [0.1, 0.15) is 30.6 Å². The minimum Gasteiger partial charge on any atom is -0.324 e. The van der Waals surface area contributed by atoms with Crippen LogP contribution in [0.4, 0.5) is 9.18 Å². The van der Waals surface area contributed by atoms with Gasteiger partial charge in [0.25, 0.3) is 11.8 Å². The van der Waals surface area contributed by atoms with Crippen LogP contribution in [0.5, 0.6) is 0 Å². The Morgan fingerprint density at radius 1 is 1.28 bits per heavy atom. The van der Waals surface area contributed by atoms with Gasteiger partial charge in [0.15, 0.2) is 0 Å². The van der Waals surface area contributed by atoms with Crippen LogP contribution in [0.2, 0.25) is 0 Å². The van der Waals surface area contributed by atoms with E-state index in [1.165, 1.54) is 6.07 Å². The third-order valence-electron chi connectivity index (χ3n) is 3.50. The van der Waals surface area contributed by atoms with Crippen molar-refractivity contribution in [3.05, 3.63) is 34.1 Å². The Labute approximate surface area is 151 Å². The predicted octanol–water partition coefficient (Wildman–Crippen LogP) is 1.07. The fourth-order valence-electron chi connectivity index (χ4n) is 2.16. The van der Waals surface area contributed by atoms with Gasteiger partial charge in [-0.2, -0.15) is 0 Å². The largest absolute Gasteiger partial charge is 0.325 e. The maximum absolute atomic E-state index is 13.0. The summed E-state index contributed by atoms with van der Waals surface area (Å²) in [5.74, 6) is -2.17. The normalized spacial score (nSPS) is 15.8. The molecule has 1 aromatic rings. The van der Waals surface area contributed by atoms with Gasteiger partial charge < -0.3 is 5.32 Å². The molecule has 8 nitrogen and oxygen atoms in total. The smallest absolute Gasteiger partial charge is 0.324 e. The molecule has 3 N–H and O–H groups in total. The number of urea groups is 1. The first-order valence-corrected chi connectivity index (χ1v) is 8.09. The lowest BCUT2D eigenvalue weighted by molar-refractivity contribution is -0.130. The SMILES string of the molecule is CC1(C)NC(=O)N(CCC(=O)NNC(=O)c2ccc(F)cc2Br)C1=O. The van der Waals surface area contributed by atoms with E-state index in [0.717, 1.165) is 17.0 Å². The highest BCUT2D eigenvalue weighted by Crippen LogP contribution is 2.18. The molecule has 0 atom stereocenters. The van der Waals surface area contributed by atoms with E-state index in [1.54, 1.807) is 13.8 Å². The van der Waals surface area contributed by atoms with E-state index in [4.69, 9.17) is 0 Å². The first-order valence-electron chi connectivity index (χ1n) is 7.30. The second kappa shape index (κ2) is 7.18. The van der Waals surface area contributed by atoms with E-state index in [1.807, 2.05) is 0 Å². The first kappa shape index (κ1) is 18.8. The van der Waals surface area contributed by atoms with Crippen molar-refractivity contribution in [2.24, 2.45) is 0 Å². The number of hydrazine groups is 1. The molecular formula is C15H16BrFN4O4. The Kier molecular flexibility index (Phi) is 5.41. The molecule has 25 heavy (non-hydrogen) atoms. The fraction of sp³-hybridized carbons (Fsp3) is 0.333. The number of benzene rings is 1. The third kappa shape index (κ3) is 4.32. The Hall–Kier alpha value is -2.49. The maximum Gasteiger partial charge on any atom is 0.325 e. The molecule has 10 heteroatoms. The molecule has 2 rings (SSSR count). The number of halogens is 2. The van der Waals surface area contributed by atoms with Crippen LogP contribution in [0.15, 0.2) is 22.7 Å². The third-order valence-corrected chi connectivity index (χ3v) is 4.15. The van der Waals surface area contributed by atoms with E-state index >= 15 is 0 Å². The minimum atomic E-state index is -1.00. The van der Waals surface area contributed by atoms with E-state index in [-0.39, 0.29) is 23.0 Å². The number of amides is 5. The Morgan fingerprint density at radius 3 is 2.52 bits per heavy atom. The molecule has 0 unspecified atom stereocenters. The zero-order valence-electron chi connectivity index (χ0n) is 13.5. The first-order chi connectivity index (χ1) is 11.6. The van der Waals surface area contributed by atoms with Crippen molar-refractivity contribution in [2.75, 3.05) is 6.54 Å². The summed E-state index contributed by atoms with van der Waals surface area (Å²) in [4.78, 5) is 48.3. The van der Waals surface area contributed by atoms with Gasteiger partial charge in [0.05, 0.1) is 5.56 Å². The molecule has 0 saturated carbocycles. The standard InChI is InChI=1S/C15H16BrFN4O4/c1-15(2)13(24)21(14(25)18-15)6-5-11(22)19-20-12(23)9-4-3-8(17)7-10(9)16/h3-4,7H,5-6H2,1-2H3,(H,18,25)(H,19,22)(H,20,23). The van der Waals surface area contributed by atoms with Crippen LogP contribution in [0.3, 0.4) is 0 Å². The Balaban J connectivity index is 1.84. The number of carbonyl (C=O) groups is 4. The van der Waals surface area contributed by atoms with E-state index < -0.39 is 35.1 Å². The van der Waals surface area contributed by atoms with Crippen molar-refractivity contribution in [1.29, 1.82) is 0 Å². The average molecular weight is 415 g/mol. The number of hydrogen-bond acceptors (Lipinski definition) is 4. The molecule has 0 bridgehead atoms. The van der Waals surface area contributed by atoms with Gasteiger partial charge in [0, 0.05) is 17.4 Å². The number of hydrogen-bond donors (Lipinski definition) is 3. The van der Waals surface area contributed by atoms with Crippen molar-refractivity contribution >= 4 is 39.7 Å². The summed E-state index contributed by atoms with van der Waals surface area (Å²) in [6.07, 6.45) is -0.180. The molecule has 1 aliphatic heterocycles. The van der Waals surface area contributed by atoms with Gasteiger partial charge in [-0.1, -0.05) is 0 Å². The molecule has 0 aromatic heterocycles. The summed E-state index contributed by atoms with van der Waals surface area (Å²) >= 11 is 3.05. The van der Waals surface area contributed by atoms with Gasteiger partial charge in [-0.3, -0.25) is 30.1 Å². The molecular weight excluding hydrogens is 399 g/mol. The van der Waals surface area contributed by atoms with Crippen molar-refractivity contribution < 1.29 is 23.6 Å². The highest BCUT2D eigenvalue weighted by molar-refractivity contribution is 9.10. The highest BCUT2D eigenvalue weighted by atomic mass is 79.9. The van der Waals surface area contributed by atoms with E-state index in [0.29, 0.717) is 0 Å². The molecule has 1 saturated heterocycles. The second-order valence-electron chi connectivity index (χ2n) is 5.89. The molecule has 1 aliphatic rings. The van der Waals surface area contributed by atoms with E-state index in [9.17, 15) is 23.6 Å². The molecule has 0 aliphatic carbocycles. The summed E-state index contributed by atoms with van der Waals surface area (Å²) in [7, 11) is 0. The monoisotopic (exact) mass is 414 g/mol. The Morgan fingerprint density at radius 2 is 1.96 bits per heavy atom. The Bertz CT molecular complexity index is 753. The van der Waals surface area contributed by atoms with Gasteiger partial charge in [-0.05, 0) is 48.0 Å². The van der Waals surface area contributed by atoms with Crippen LogP contribution >= 0.6 is 15.9 Å². The molecule has 0 spiro atoms. The molecule has 1 fully saturated rings. The minimum absolute atomic E-state index is 0.115. The summed E-state index contributed by atoms with van der Waals surface area (Å²) in [6.45, 7) is 3.01. The number of nitrogens with one attached hydrogen (secondary N) is 3. The van der Waals surface area contributed by atoms with Crippen LogP contribution in [-0.4, -0.2) is 40.7 Å². The highest BCUT2D eigenvalue weighted by Gasteiger charge is 2.43. The van der Waals surface area contributed by atoms with Crippen LogP contribution in [-0.2, 0) is 9.59 Å². The molecule has 5 amide bonds. The van der Waals surface area contributed by atoms with Gasteiger partial charge in [-0.25, -0.2) is 9.18 Å². The van der Waals surface area contributed by atoms with Crippen LogP contribution < -0.4 is 16.2 Å². The summed E-state index contributed by atoms with van der Waals surface area (Å²) < 4.78 is 13.2. The van der Waals surface area contributed by atoms with Crippen molar-refractivity contribution in [3.63, 3.8) is 0 Å². The quantitative estimate of drug-likeness (QED) is 0.505. The number of imide groups is 1. The van der Waals surface area contributed by atoms with Crippen molar-refractivity contribution in [3.8, 4) is 0 Å². The van der Waals surface area contributed by atoms with Gasteiger partial charge in [0.1, 0.15) is 11.4 Å². The fourth-order valence-corrected chi connectivity index (χ4v) is 2.70. The summed E-state index contributed by atoms with van der Waals surface area (Å²) in [5, 5.41) is 2.50. The van der Waals surface area contributed by atoms with Crippen molar-refractivity contribution in [2.45, 2.75) is 25.8 Å². The van der Waals surface area contributed by atoms with Gasteiger partial charge in [0.2, 0.25) is 5.91 Å². The zero-order chi connectivity index (χ0) is 18.8. The lowest BCUT2D eigenvalue weighted by Gasteiger charge is -2.15. The van der Waals surface area contributed by atoms with Gasteiger partial charge in [-0.15, -0.1) is 0 Å². The number of rotatable bonds is 4. The second-order valence-corrected chi connectivity index (χ2v) is 6.74. The maximum atomic E-state index is 13.0. The average Bonchev–Trinajstić information content (AvgIpc) is 2.71. The molecule has 1 aromatic carbocycles. The van der Waals surface area contributed by atoms with Gasteiger partial charge >= 0.3 is 6.03 Å². The summed E-state index contributed by atoms with van der Waals surface area (Å²) in [6, 6.07) is 2.93. The number of nitrogens with zero attached hydrogens (tertiary/aromatic N) is 1. The lowest BCUT2D eigenvalue weighted by Crippen LogP contribution is -2.44. The topological polar surface area (TPSA) is 108 Å². The molecule has 0 radical (unpaired) electrons. The van der Waals surface area contributed by atoms with Crippen LogP contribution in [0, 0.1) is 5.82 Å². The molecule has 1 heterocycles. The zero-order valence-corrected chi connectivity index (χ0v) is 15.1. The van der Waals surface area contributed by atoms with Crippen molar-refractivity contribution in [1.82, 2.24) is 21.1 Å².